The molecule has 0 aliphatic carbocycles. The maximum absolute atomic E-state index is 12.2. The van der Waals surface area contributed by atoms with Crippen molar-refractivity contribution in [2.24, 2.45) is 0 Å². The first-order chi connectivity index (χ1) is 7.20. The number of rotatable bonds is 2. The zero-order valence-corrected chi connectivity index (χ0v) is 9.91. The molecule has 0 aromatic rings. The van der Waals surface area contributed by atoms with Crippen LogP contribution < -0.4 is 0 Å². The second-order valence-electron chi connectivity index (χ2n) is 5.02. The van der Waals surface area contributed by atoms with Crippen LogP contribution in [0.4, 0.5) is 0 Å². The fourth-order valence-electron chi connectivity index (χ4n) is 2.62. The molecule has 2 rings (SSSR count). The molecule has 0 aromatic carbocycles. The van der Waals surface area contributed by atoms with Gasteiger partial charge >= 0.3 is 0 Å². The number of carbonyl (C=O) groups excluding carboxylic acids is 1. The van der Waals surface area contributed by atoms with Gasteiger partial charge in [-0.1, -0.05) is 0 Å². The molecule has 1 amide bonds. The van der Waals surface area contributed by atoms with E-state index < -0.39 is 0 Å². The van der Waals surface area contributed by atoms with Gasteiger partial charge in [0.2, 0.25) is 5.91 Å². The maximum atomic E-state index is 12.2. The summed E-state index contributed by atoms with van der Waals surface area (Å²) in [5, 5.41) is 0. The highest BCUT2D eigenvalue weighted by atomic mass is 16.2. The van der Waals surface area contributed by atoms with Gasteiger partial charge in [-0.05, 0) is 39.5 Å². The molecule has 0 spiro atoms. The van der Waals surface area contributed by atoms with E-state index in [1.54, 1.807) is 0 Å². The van der Waals surface area contributed by atoms with Crippen molar-refractivity contribution in [2.75, 3.05) is 19.6 Å². The molecular formula is C12H22N2O. The van der Waals surface area contributed by atoms with Gasteiger partial charge in [-0.3, -0.25) is 9.69 Å². The van der Waals surface area contributed by atoms with Gasteiger partial charge in [0.05, 0.1) is 6.04 Å². The predicted octanol–water partition coefficient (Wildman–Crippen LogP) is 1.48. The van der Waals surface area contributed by atoms with Crippen LogP contribution in [-0.4, -0.2) is 47.4 Å². The first kappa shape index (κ1) is 10.9. The SMILES string of the molecule is CC(C)N1CC[C@H]1C(=O)N1CCCCC1. The lowest BCUT2D eigenvalue weighted by atomic mass is 9.98. The van der Waals surface area contributed by atoms with Crippen molar-refractivity contribution < 1.29 is 4.79 Å². The molecule has 2 aliphatic heterocycles. The Morgan fingerprint density at radius 2 is 1.80 bits per heavy atom. The lowest BCUT2D eigenvalue weighted by molar-refractivity contribution is -0.144. The highest BCUT2D eigenvalue weighted by Gasteiger charge is 2.37. The highest BCUT2D eigenvalue weighted by molar-refractivity contribution is 5.82. The molecule has 15 heavy (non-hydrogen) atoms. The third kappa shape index (κ3) is 2.17. The van der Waals surface area contributed by atoms with Crippen LogP contribution in [0.5, 0.6) is 0 Å². The van der Waals surface area contributed by atoms with Gasteiger partial charge in [0.25, 0.3) is 0 Å². The highest BCUT2D eigenvalue weighted by Crippen LogP contribution is 2.23. The zero-order valence-electron chi connectivity index (χ0n) is 9.91. The molecule has 3 heteroatoms. The number of amides is 1. The molecule has 3 nitrogen and oxygen atoms in total. The van der Waals surface area contributed by atoms with Crippen molar-refractivity contribution in [1.82, 2.24) is 9.80 Å². The molecule has 86 valence electrons. The molecule has 2 saturated heterocycles. The Labute approximate surface area is 92.4 Å². The van der Waals surface area contributed by atoms with Crippen LogP contribution in [0.1, 0.15) is 39.5 Å². The Morgan fingerprint density at radius 3 is 2.27 bits per heavy atom. The van der Waals surface area contributed by atoms with Gasteiger partial charge in [-0.25, -0.2) is 0 Å². The summed E-state index contributed by atoms with van der Waals surface area (Å²) in [6, 6.07) is 0.709. The average molecular weight is 210 g/mol. The van der Waals surface area contributed by atoms with Gasteiger partial charge in [-0.2, -0.15) is 0 Å². The molecule has 0 bridgehead atoms. The molecule has 0 aromatic heterocycles. The monoisotopic (exact) mass is 210 g/mol. The first-order valence-corrected chi connectivity index (χ1v) is 6.24. The number of likely N-dealkylation sites (tertiary alicyclic amines) is 2. The van der Waals surface area contributed by atoms with E-state index in [1.165, 1.54) is 19.3 Å². The molecule has 2 heterocycles. The normalized spacial score (nSPS) is 27.9. The quantitative estimate of drug-likeness (QED) is 0.689. The van der Waals surface area contributed by atoms with Gasteiger partial charge in [0.15, 0.2) is 0 Å². The van der Waals surface area contributed by atoms with Gasteiger partial charge in [0, 0.05) is 25.7 Å². The van der Waals surface area contributed by atoms with Crippen molar-refractivity contribution >= 4 is 5.91 Å². The van der Waals surface area contributed by atoms with Crippen molar-refractivity contribution in [3.63, 3.8) is 0 Å². The molecule has 0 N–H and O–H groups in total. The minimum Gasteiger partial charge on any atom is -0.341 e. The Balaban J connectivity index is 1.89. The number of carbonyl (C=O) groups is 1. The second kappa shape index (κ2) is 4.52. The fourth-order valence-corrected chi connectivity index (χ4v) is 2.62. The third-order valence-electron chi connectivity index (χ3n) is 3.68. The largest absolute Gasteiger partial charge is 0.341 e. The summed E-state index contributed by atoms with van der Waals surface area (Å²) in [6.45, 7) is 7.43. The van der Waals surface area contributed by atoms with E-state index in [9.17, 15) is 4.79 Å². The van der Waals surface area contributed by atoms with Crippen molar-refractivity contribution in [3.05, 3.63) is 0 Å². The van der Waals surface area contributed by atoms with E-state index in [2.05, 4.69) is 23.6 Å². The Kier molecular flexibility index (Phi) is 3.29. The molecule has 0 unspecified atom stereocenters. The van der Waals surface area contributed by atoms with Crippen LogP contribution in [-0.2, 0) is 4.79 Å². The smallest absolute Gasteiger partial charge is 0.239 e. The molecule has 0 radical (unpaired) electrons. The summed E-state index contributed by atoms with van der Waals surface area (Å²) in [5.41, 5.74) is 0. The summed E-state index contributed by atoms with van der Waals surface area (Å²) in [4.78, 5) is 16.6. The van der Waals surface area contributed by atoms with E-state index in [0.717, 1.165) is 26.1 Å². The van der Waals surface area contributed by atoms with Crippen LogP contribution in [0.2, 0.25) is 0 Å². The molecule has 0 saturated carbocycles. The fraction of sp³-hybridized carbons (Fsp3) is 0.917. The van der Waals surface area contributed by atoms with Crippen LogP contribution in [0.15, 0.2) is 0 Å². The number of nitrogens with zero attached hydrogens (tertiary/aromatic N) is 2. The van der Waals surface area contributed by atoms with E-state index >= 15 is 0 Å². The minimum atomic E-state index is 0.197. The number of piperidine rings is 1. The Bertz CT molecular complexity index is 234. The lowest BCUT2D eigenvalue weighted by Crippen LogP contribution is -2.59. The Hall–Kier alpha value is -0.570. The van der Waals surface area contributed by atoms with Crippen molar-refractivity contribution in [2.45, 2.75) is 51.6 Å². The zero-order chi connectivity index (χ0) is 10.8. The molecular weight excluding hydrogens is 188 g/mol. The van der Waals surface area contributed by atoms with E-state index in [1.807, 2.05) is 0 Å². The average Bonchev–Trinajstić information content (AvgIpc) is 2.16. The van der Waals surface area contributed by atoms with Crippen LogP contribution >= 0.6 is 0 Å². The third-order valence-corrected chi connectivity index (χ3v) is 3.68. The van der Waals surface area contributed by atoms with Crippen molar-refractivity contribution in [3.8, 4) is 0 Å². The number of hydrogen-bond donors (Lipinski definition) is 0. The van der Waals surface area contributed by atoms with E-state index in [4.69, 9.17) is 0 Å². The summed E-state index contributed by atoms with van der Waals surface area (Å²) in [7, 11) is 0. The predicted molar refractivity (Wildman–Crippen MR) is 60.7 cm³/mol. The lowest BCUT2D eigenvalue weighted by Gasteiger charge is -2.45. The Morgan fingerprint density at radius 1 is 1.13 bits per heavy atom. The van der Waals surface area contributed by atoms with Crippen molar-refractivity contribution in [1.29, 1.82) is 0 Å². The summed E-state index contributed by atoms with van der Waals surface area (Å²) in [5.74, 6) is 0.384. The molecule has 2 aliphatic rings. The topological polar surface area (TPSA) is 23.6 Å². The number of hydrogen-bond acceptors (Lipinski definition) is 2. The van der Waals surface area contributed by atoms with Gasteiger partial charge in [0.1, 0.15) is 0 Å². The maximum Gasteiger partial charge on any atom is 0.239 e. The van der Waals surface area contributed by atoms with Gasteiger partial charge < -0.3 is 4.90 Å². The summed E-state index contributed by atoms with van der Waals surface area (Å²) in [6.07, 6.45) is 4.75. The van der Waals surface area contributed by atoms with Crippen LogP contribution in [0, 0.1) is 0 Å². The standard InChI is InChI=1S/C12H22N2O/c1-10(2)14-9-6-11(14)12(15)13-7-4-3-5-8-13/h10-11H,3-9H2,1-2H3/t11-/m0/s1. The summed E-state index contributed by atoms with van der Waals surface area (Å²) >= 11 is 0. The summed E-state index contributed by atoms with van der Waals surface area (Å²) < 4.78 is 0. The first-order valence-electron chi connectivity index (χ1n) is 6.24. The van der Waals surface area contributed by atoms with E-state index in [0.29, 0.717) is 11.9 Å². The molecule has 2 fully saturated rings. The minimum absolute atomic E-state index is 0.197. The van der Waals surface area contributed by atoms with Crippen LogP contribution in [0.3, 0.4) is 0 Å². The van der Waals surface area contributed by atoms with E-state index in [-0.39, 0.29) is 6.04 Å². The second-order valence-corrected chi connectivity index (χ2v) is 5.02. The molecule has 1 atom stereocenters. The van der Waals surface area contributed by atoms with Gasteiger partial charge in [-0.15, -0.1) is 0 Å². The van der Waals surface area contributed by atoms with Crippen LogP contribution in [0.25, 0.3) is 0 Å².